The Kier molecular flexibility index (Phi) is 7.19. The zero-order valence-electron chi connectivity index (χ0n) is 22.0. The number of benzene rings is 2. The third-order valence-corrected chi connectivity index (χ3v) is 6.93. The summed E-state index contributed by atoms with van der Waals surface area (Å²) in [5.74, 6) is 2.34. The molecule has 0 aliphatic carbocycles. The van der Waals surface area contributed by atoms with Crippen LogP contribution in [0.15, 0.2) is 42.5 Å². The summed E-state index contributed by atoms with van der Waals surface area (Å²) in [5.41, 5.74) is 1.39. The van der Waals surface area contributed by atoms with Gasteiger partial charge in [-0.15, -0.1) is 0 Å². The zero-order valence-corrected chi connectivity index (χ0v) is 22.0. The summed E-state index contributed by atoms with van der Waals surface area (Å²) in [6.07, 6.45) is -0.401. The Balaban J connectivity index is 1.40. The molecule has 1 aromatic heterocycles. The number of aromatic nitrogens is 2. The number of anilines is 2. The Morgan fingerprint density at radius 2 is 1.79 bits per heavy atom. The number of nitrogens with one attached hydrogen (secondary N) is 3. The molecule has 3 amide bonds. The molecule has 38 heavy (non-hydrogen) atoms. The van der Waals surface area contributed by atoms with E-state index in [0.29, 0.717) is 55.0 Å². The predicted octanol–water partition coefficient (Wildman–Crippen LogP) is 2.89. The van der Waals surface area contributed by atoms with Crippen LogP contribution in [0.25, 0.3) is 10.9 Å². The first-order valence-corrected chi connectivity index (χ1v) is 12.7. The third-order valence-electron chi connectivity index (χ3n) is 6.93. The van der Waals surface area contributed by atoms with Crippen LogP contribution in [0.3, 0.4) is 0 Å². The summed E-state index contributed by atoms with van der Waals surface area (Å²) in [5, 5.41) is 10.3. The van der Waals surface area contributed by atoms with Crippen LogP contribution in [-0.4, -0.2) is 77.8 Å². The Morgan fingerprint density at radius 1 is 1.05 bits per heavy atom. The van der Waals surface area contributed by atoms with Crippen molar-refractivity contribution in [3.8, 4) is 11.5 Å². The molecular weight excluding hydrogens is 486 g/mol. The van der Waals surface area contributed by atoms with Crippen LogP contribution in [0.2, 0.25) is 0 Å². The number of hydrogen-bond donors (Lipinski definition) is 3. The minimum Gasteiger partial charge on any atom is -0.497 e. The number of para-hydroxylation sites is 1. The van der Waals surface area contributed by atoms with Crippen molar-refractivity contribution >= 4 is 34.3 Å². The van der Waals surface area contributed by atoms with E-state index in [1.165, 1.54) is 0 Å². The number of amides is 3. The topological polar surface area (TPSA) is 121 Å². The van der Waals surface area contributed by atoms with Crippen molar-refractivity contribution in [2.75, 3.05) is 44.5 Å². The normalized spacial score (nSPS) is 19.8. The van der Waals surface area contributed by atoms with Gasteiger partial charge in [-0.05, 0) is 18.1 Å². The summed E-state index contributed by atoms with van der Waals surface area (Å²) in [4.78, 5) is 40.1. The summed E-state index contributed by atoms with van der Waals surface area (Å²) in [6.45, 7) is 5.77. The minimum atomic E-state index is -0.505. The minimum absolute atomic E-state index is 0.00564. The van der Waals surface area contributed by atoms with Crippen LogP contribution < -0.4 is 25.4 Å². The molecule has 2 atom stereocenters. The number of ether oxygens (including phenoxy) is 2. The molecule has 11 nitrogen and oxygen atoms in total. The number of carbonyl (C=O) groups excluding carboxylic acids is 2. The Hall–Kier alpha value is -4.12. The van der Waals surface area contributed by atoms with Crippen molar-refractivity contribution in [1.82, 2.24) is 25.1 Å². The van der Waals surface area contributed by atoms with Crippen LogP contribution in [-0.2, 0) is 11.3 Å². The molecule has 0 spiro atoms. The van der Waals surface area contributed by atoms with Gasteiger partial charge in [-0.25, -0.2) is 14.8 Å². The van der Waals surface area contributed by atoms with Crippen molar-refractivity contribution in [2.24, 2.45) is 5.92 Å². The van der Waals surface area contributed by atoms with E-state index in [9.17, 15) is 9.59 Å². The molecule has 0 saturated carbocycles. The fourth-order valence-corrected chi connectivity index (χ4v) is 4.84. The average molecular weight is 520 g/mol. The number of nitrogens with zero attached hydrogens (tertiary/aromatic N) is 4. The quantitative estimate of drug-likeness (QED) is 0.481. The van der Waals surface area contributed by atoms with Gasteiger partial charge in [0.15, 0.2) is 0 Å². The number of piperazine rings is 1. The Morgan fingerprint density at radius 3 is 2.50 bits per heavy atom. The number of hydrogen-bond acceptors (Lipinski definition) is 8. The lowest BCUT2D eigenvalue weighted by atomic mass is 10.0. The number of fused-ring (bicyclic) bond motifs is 5. The lowest BCUT2D eigenvalue weighted by Crippen LogP contribution is -2.63. The zero-order chi connectivity index (χ0) is 26.8. The molecule has 3 aromatic rings. The number of carbonyl (C=O) groups is 2. The largest absolute Gasteiger partial charge is 0.497 e. The second-order valence-corrected chi connectivity index (χ2v) is 9.84. The standard InChI is InChI=1S/C27H33N7O4/c1-16(2)24-26(35)31-23-15-34(27(36)28-17-11-18(37-3)13-19(12-17)38-4)10-9-33(23)14-22-29-21-8-6-5-7-20(21)25(30-22)32-24/h5-8,11-13,16,23-24H,9-10,14-15H2,1-4H3,(H,28,36)(H,31,35)(H,29,30,32)/t23?,24-/m0/s1. The van der Waals surface area contributed by atoms with Gasteiger partial charge in [0.1, 0.15) is 35.3 Å². The molecular formula is C27H33N7O4. The van der Waals surface area contributed by atoms with E-state index in [-0.39, 0.29) is 17.9 Å². The summed E-state index contributed by atoms with van der Waals surface area (Å²) in [7, 11) is 3.12. The second-order valence-electron chi connectivity index (χ2n) is 9.84. The van der Waals surface area contributed by atoms with E-state index in [1.54, 1.807) is 37.3 Å². The molecule has 2 aromatic carbocycles. The van der Waals surface area contributed by atoms with Crippen molar-refractivity contribution < 1.29 is 19.1 Å². The first-order chi connectivity index (χ1) is 18.3. The van der Waals surface area contributed by atoms with E-state index < -0.39 is 12.2 Å². The highest BCUT2D eigenvalue weighted by Gasteiger charge is 2.35. The number of methoxy groups -OCH3 is 2. The number of rotatable bonds is 4. The molecule has 0 radical (unpaired) electrons. The van der Waals surface area contributed by atoms with Crippen LogP contribution in [0.4, 0.5) is 16.3 Å². The molecule has 2 aliphatic heterocycles. The maximum Gasteiger partial charge on any atom is 0.322 e. The molecule has 1 saturated heterocycles. The molecule has 5 rings (SSSR count). The predicted molar refractivity (Wildman–Crippen MR) is 144 cm³/mol. The number of urea groups is 1. The van der Waals surface area contributed by atoms with Gasteiger partial charge in [-0.2, -0.15) is 0 Å². The first kappa shape index (κ1) is 25.5. The highest BCUT2D eigenvalue weighted by Crippen LogP contribution is 2.27. The first-order valence-electron chi connectivity index (χ1n) is 12.7. The molecule has 2 aliphatic rings. The van der Waals surface area contributed by atoms with Gasteiger partial charge in [0.25, 0.3) is 0 Å². The van der Waals surface area contributed by atoms with Crippen LogP contribution in [0, 0.1) is 5.92 Å². The van der Waals surface area contributed by atoms with Crippen molar-refractivity contribution in [2.45, 2.75) is 32.6 Å². The van der Waals surface area contributed by atoms with Crippen LogP contribution in [0.5, 0.6) is 11.5 Å². The summed E-state index contributed by atoms with van der Waals surface area (Å²) >= 11 is 0. The van der Waals surface area contributed by atoms with E-state index in [2.05, 4.69) is 20.9 Å². The van der Waals surface area contributed by atoms with Gasteiger partial charge < -0.3 is 30.3 Å². The average Bonchev–Trinajstić information content (AvgIpc) is 2.91. The van der Waals surface area contributed by atoms with Crippen LogP contribution in [0.1, 0.15) is 19.7 Å². The summed E-state index contributed by atoms with van der Waals surface area (Å²) < 4.78 is 10.6. The van der Waals surface area contributed by atoms with Crippen LogP contribution >= 0.6 is 0 Å². The lowest BCUT2D eigenvalue weighted by Gasteiger charge is -2.42. The van der Waals surface area contributed by atoms with Gasteiger partial charge in [0, 0.05) is 42.4 Å². The van der Waals surface area contributed by atoms with Gasteiger partial charge in [0.05, 0.1) is 32.8 Å². The van der Waals surface area contributed by atoms with Crippen molar-refractivity contribution in [3.05, 3.63) is 48.3 Å². The third kappa shape index (κ3) is 5.28. The summed E-state index contributed by atoms with van der Waals surface area (Å²) in [6, 6.07) is 12.2. The highest BCUT2D eigenvalue weighted by atomic mass is 16.5. The maximum atomic E-state index is 13.5. The van der Waals surface area contributed by atoms with E-state index in [0.717, 1.165) is 10.9 Å². The van der Waals surface area contributed by atoms with Gasteiger partial charge in [0.2, 0.25) is 5.91 Å². The Bertz CT molecular complexity index is 1330. The van der Waals surface area contributed by atoms with E-state index in [1.807, 2.05) is 38.1 Å². The maximum absolute atomic E-state index is 13.5. The highest BCUT2D eigenvalue weighted by molar-refractivity contribution is 5.93. The van der Waals surface area contributed by atoms with Crippen molar-refractivity contribution in [1.29, 1.82) is 0 Å². The van der Waals surface area contributed by atoms with Gasteiger partial charge >= 0.3 is 6.03 Å². The molecule has 11 heteroatoms. The van der Waals surface area contributed by atoms with Gasteiger partial charge in [-0.3, -0.25) is 9.69 Å². The Labute approximate surface area is 221 Å². The molecule has 1 unspecified atom stereocenters. The monoisotopic (exact) mass is 519 g/mol. The SMILES string of the molecule is COc1cc(NC(=O)N2CCN3Cc4nc(c5ccccc5n4)N[C@@H](C(C)C)C(=O)NC3C2)cc(OC)c1. The smallest absolute Gasteiger partial charge is 0.322 e. The molecule has 2 bridgehead atoms. The molecule has 3 heterocycles. The second kappa shape index (κ2) is 10.7. The van der Waals surface area contributed by atoms with E-state index >= 15 is 0 Å². The van der Waals surface area contributed by atoms with Crippen molar-refractivity contribution in [3.63, 3.8) is 0 Å². The fraction of sp³-hybridized carbons (Fsp3) is 0.407. The molecule has 3 N–H and O–H groups in total. The van der Waals surface area contributed by atoms with Gasteiger partial charge in [-0.1, -0.05) is 26.0 Å². The fourth-order valence-electron chi connectivity index (χ4n) is 4.84. The lowest BCUT2D eigenvalue weighted by molar-refractivity contribution is -0.125. The molecule has 200 valence electrons. The molecule has 1 fully saturated rings. The van der Waals surface area contributed by atoms with E-state index in [4.69, 9.17) is 19.4 Å².